The Morgan fingerprint density at radius 2 is 1.93 bits per heavy atom. The molecule has 80 valence electrons. The molecule has 0 aromatic heterocycles. The smallest absolute Gasteiger partial charge is 0.0205 e. The van der Waals surface area contributed by atoms with Crippen molar-refractivity contribution in [1.82, 2.24) is 5.32 Å². The van der Waals surface area contributed by atoms with E-state index in [1.807, 2.05) is 11.8 Å². The average molecular weight is 232 g/mol. The third kappa shape index (κ3) is 6.30. The van der Waals surface area contributed by atoms with E-state index < -0.39 is 0 Å². The SMILES string of the molecule is CSCCCNCc1ccccc1.Cl. The van der Waals surface area contributed by atoms with Crippen molar-refractivity contribution in [3.63, 3.8) is 0 Å². The van der Waals surface area contributed by atoms with Crippen molar-refractivity contribution in [2.45, 2.75) is 13.0 Å². The van der Waals surface area contributed by atoms with Crippen LogP contribution in [0.2, 0.25) is 0 Å². The highest BCUT2D eigenvalue weighted by molar-refractivity contribution is 7.98. The minimum absolute atomic E-state index is 0. The van der Waals surface area contributed by atoms with Gasteiger partial charge in [-0.25, -0.2) is 0 Å². The second-order valence-electron chi connectivity index (χ2n) is 3.01. The van der Waals surface area contributed by atoms with Crippen molar-refractivity contribution < 1.29 is 0 Å². The second-order valence-corrected chi connectivity index (χ2v) is 3.99. The van der Waals surface area contributed by atoms with Crippen LogP contribution in [0.15, 0.2) is 30.3 Å². The first kappa shape index (κ1) is 13.8. The lowest BCUT2D eigenvalue weighted by Gasteiger charge is -2.03. The number of benzene rings is 1. The van der Waals surface area contributed by atoms with Crippen LogP contribution in [0.5, 0.6) is 0 Å². The number of thioether (sulfide) groups is 1. The van der Waals surface area contributed by atoms with Gasteiger partial charge in [-0.1, -0.05) is 30.3 Å². The molecular weight excluding hydrogens is 214 g/mol. The Labute approximate surface area is 97.1 Å². The van der Waals surface area contributed by atoms with Gasteiger partial charge in [-0.15, -0.1) is 12.4 Å². The first-order chi connectivity index (χ1) is 6.43. The van der Waals surface area contributed by atoms with Crippen LogP contribution < -0.4 is 5.32 Å². The van der Waals surface area contributed by atoms with Gasteiger partial charge in [-0.05, 0) is 30.5 Å². The largest absolute Gasteiger partial charge is 0.313 e. The van der Waals surface area contributed by atoms with Gasteiger partial charge in [0.05, 0.1) is 0 Å². The zero-order chi connectivity index (χ0) is 9.36. The molecule has 3 heteroatoms. The fraction of sp³-hybridized carbons (Fsp3) is 0.455. The predicted molar refractivity (Wildman–Crippen MR) is 68.4 cm³/mol. The summed E-state index contributed by atoms with van der Waals surface area (Å²) in [7, 11) is 0. The topological polar surface area (TPSA) is 12.0 Å². The highest BCUT2D eigenvalue weighted by Crippen LogP contribution is 1.98. The highest BCUT2D eigenvalue weighted by Gasteiger charge is 1.89. The minimum atomic E-state index is 0. The average Bonchev–Trinajstić information content (AvgIpc) is 2.19. The fourth-order valence-corrected chi connectivity index (χ4v) is 1.60. The van der Waals surface area contributed by atoms with Gasteiger partial charge in [-0.3, -0.25) is 0 Å². The maximum absolute atomic E-state index is 3.42. The summed E-state index contributed by atoms with van der Waals surface area (Å²) in [5, 5.41) is 3.42. The number of nitrogens with one attached hydrogen (secondary N) is 1. The molecule has 0 fully saturated rings. The van der Waals surface area contributed by atoms with Crippen LogP contribution in [-0.4, -0.2) is 18.6 Å². The molecule has 1 aromatic carbocycles. The van der Waals surface area contributed by atoms with E-state index in [9.17, 15) is 0 Å². The molecule has 0 spiro atoms. The molecule has 0 radical (unpaired) electrons. The monoisotopic (exact) mass is 231 g/mol. The zero-order valence-electron chi connectivity index (χ0n) is 8.53. The summed E-state index contributed by atoms with van der Waals surface area (Å²) >= 11 is 1.91. The van der Waals surface area contributed by atoms with E-state index in [0.717, 1.165) is 13.1 Å². The molecule has 0 unspecified atom stereocenters. The number of hydrogen-bond acceptors (Lipinski definition) is 2. The lowest BCUT2D eigenvalue weighted by molar-refractivity contribution is 0.679. The van der Waals surface area contributed by atoms with E-state index in [1.54, 1.807) is 0 Å². The Hall–Kier alpha value is -0.180. The van der Waals surface area contributed by atoms with Gasteiger partial charge in [0.25, 0.3) is 0 Å². The van der Waals surface area contributed by atoms with Gasteiger partial charge in [-0.2, -0.15) is 11.8 Å². The first-order valence-electron chi connectivity index (χ1n) is 4.67. The summed E-state index contributed by atoms with van der Waals surface area (Å²) < 4.78 is 0. The number of halogens is 1. The lowest BCUT2D eigenvalue weighted by atomic mass is 10.2. The van der Waals surface area contributed by atoms with Crippen LogP contribution >= 0.6 is 24.2 Å². The number of hydrogen-bond donors (Lipinski definition) is 1. The second kappa shape index (κ2) is 9.38. The minimum Gasteiger partial charge on any atom is -0.313 e. The molecule has 1 aromatic rings. The Bertz CT molecular complexity index is 216. The first-order valence-corrected chi connectivity index (χ1v) is 6.06. The molecule has 0 atom stereocenters. The molecule has 0 amide bonds. The van der Waals surface area contributed by atoms with Crippen molar-refractivity contribution in [2.75, 3.05) is 18.6 Å². The molecule has 0 aliphatic carbocycles. The van der Waals surface area contributed by atoms with Gasteiger partial charge in [0.15, 0.2) is 0 Å². The van der Waals surface area contributed by atoms with Gasteiger partial charge in [0.2, 0.25) is 0 Å². The summed E-state index contributed by atoms with van der Waals surface area (Å²) in [6, 6.07) is 10.5. The lowest BCUT2D eigenvalue weighted by Crippen LogP contribution is -2.15. The van der Waals surface area contributed by atoms with E-state index in [1.165, 1.54) is 17.7 Å². The van der Waals surface area contributed by atoms with Crippen molar-refractivity contribution in [1.29, 1.82) is 0 Å². The molecule has 0 aliphatic rings. The van der Waals surface area contributed by atoms with Crippen molar-refractivity contribution in [3.8, 4) is 0 Å². The summed E-state index contributed by atoms with van der Waals surface area (Å²) in [5.41, 5.74) is 1.37. The van der Waals surface area contributed by atoms with Crippen LogP contribution in [0, 0.1) is 0 Å². The molecule has 0 saturated carbocycles. The van der Waals surface area contributed by atoms with Crippen LogP contribution in [0.1, 0.15) is 12.0 Å². The summed E-state index contributed by atoms with van der Waals surface area (Å²) in [6.07, 6.45) is 3.41. The van der Waals surface area contributed by atoms with Crippen molar-refractivity contribution in [2.24, 2.45) is 0 Å². The van der Waals surface area contributed by atoms with Crippen LogP contribution in [0.3, 0.4) is 0 Å². The van der Waals surface area contributed by atoms with E-state index >= 15 is 0 Å². The Morgan fingerprint density at radius 3 is 2.57 bits per heavy atom. The van der Waals surface area contributed by atoms with E-state index in [4.69, 9.17) is 0 Å². The zero-order valence-corrected chi connectivity index (χ0v) is 10.2. The Kier molecular flexibility index (Phi) is 9.26. The standard InChI is InChI=1S/C11H17NS.ClH/c1-13-9-5-8-12-10-11-6-3-2-4-7-11;/h2-4,6-7,12H,5,8-10H2,1H3;1H. The third-order valence-corrected chi connectivity index (χ3v) is 2.57. The van der Waals surface area contributed by atoms with E-state index in [-0.39, 0.29) is 12.4 Å². The molecular formula is C11H18ClNS. The molecule has 1 rings (SSSR count). The van der Waals surface area contributed by atoms with Gasteiger partial charge < -0.3 is 5.32 Å². The molecule has 14 heavy (non-hydrogen) atoms. The predicted octanol–water partition coefficient (Wildman–Crippen LogP) is 2.95. The number of rotatable bonds is 6. The highest BCUT2D eigenvalue weighted by atomic mass is 35.5. The van der Waals surface area contributed by atoms with Crippen molar-refractivity contribution >= 4 is 24.2 Å². The summed E-state index contributed by atoms with van der Waals surface area (Å²) in [4.78, 5) is 0. The molecule has 0 aliphatic heterocycles. The van der Waals surface area contributed by atoms with Crippen LogP contribution in [0.4, 0.5) is 0 Å². The van der Waals surface area contributed by atoms with Gasteiger partial charge in [0, 0.05) is 6.54 Å². The van der Waals surface area contributed by atoms with Gasteiger partial charge >= 0.3 is 0 Å². The molecule has 1 N–H and O–H groups in total. The molecule has 1 nitrogen and oxygen atoms in total. The maximum atomic E-state index is 3.42. The normalized spacial score (nSPS) is 9.50. The Balaban J connectivity index is 0.00000169. The summed E-state index contributed by atoms with van der Waals surface area (Å²) in [5.74, 6) is 1.25. The molecule has 0 heterocycles. The summed E-state index contributed by atoms with van der Waals surface area (Å²) in [6.45, 7) is 2.12. The van der Waals surface area contributed by atoms with Crippen molar-refractivity contribution in [3.05, 3.63) is 35.9 Å². The van der Waals surface area contributed by atoms with Crippen LogP contribution in [0.25, 0.3) is 0 Å². The van der Waals surface area contributed by atoms with Crippen LogP contribution in [-0.2, 0) is 6.54 Å². The fourth-order valence-electron chi connectivity index (χ4n) is 1.17. The van der Waals surface area contributed by atoms with E-state index in [2.05, 4.69) is 41.9 Å². The molecule has 0 bridgehead atoms. The quantitative estimate of drug-likeness (QED) is 0.756. The Morgan fingerprint density at radius 1 is 1.21 bits per heavy atom. The third-order valence-electron chi connectivity index (χ3n) is 1.87. The van der Waals surface area contributed by atoms with Gasteiger partial charge in [0.1, 0.15) is 0 Å². The molecule has 0 saturated heterocycles. The maximum Gasteiger partial charge on any atom is 0.0205 e. The van der Waals surface area contributed by atoms with E-state index in [0.29, 0.717) is 0 Å².